The number of allylic oxidation sites excluding steroid dienone is 1. The van der Waals surface area contributed by atoms with Crippen molar-refractivity contribution < 1.29 is 8.78 Å². The SMILES string of the molecule is C=C(C)N1CCCC(C(F)F)C1. The number of likely N-dealkylation sites (tertiary alicyclic amines) is 1. The maximum atomic E-state index is 12.3. The largest absolute Gasteiger partial charge is 0.375 e. The summed E-state index contributed by atoms with van der Waals surface area (Å²) >= 11 is 0. The van der Waals surface area contributed by atoms with E-state index in [0.717, 1.165) is 18.7 Å². The molecule has 70 valence electrons. The van der Waals surface area contributed by atoms with E-state index in [2.05, 4.69) is 6.58 Å². The lowest BCUT2D eigenvalue weighted by molar-refractivity contribution is 0.0370. The minimum Gasteiger partial charge on any atom is -0.375 e. The van der Waals surface area contributed by atoms with E-state index in [-0.39, 0.29) is 0 Å². The van der Waals surface area contributed by atoms with Crippen LogP contribution in [0.1, 0.15) is 19.8 Å². The van der Waals surface area contributed by atoms with Gasteiger partial charge in [0.15, 0.2) is 0 Å². The number of nitrogens with zero attached hydrogens (tertiary/aromatic N) is 1. The number of halogens is 2. The molecule has 0 aliphatic carbocycles. The van der Waals surface area contributed by atoms with Gasteiger partial charge in [0.2, 0.25) is 6.43 Å². The molecule has 0 aromatic heterocycles. The van der Waals surface area contributed by atoms with E-state index in [1.807, 2.05) is 11.8 Å². The van der Waals surface area contributed by atoms with E-state index in [9.17, 15) is 8.78 Å². The number of rotatable bonds is 2. The molecule has 0 amide bonds. The number of alkyl halides is 2. The van der Waals surface area contributed by atoms with E-state index in [1.165, 1.54) is 0 Å². The monoisotopic (exact) mass is 175 g/mol. The van der Waals surface area contributed by atoms with Gasteiger partial charge in [-0.3, -0.25) is 0 Å². The van der Waals surface area contributed by atoms with Crippen molar-refractivity contribution in [3.8, 4) is 0 Å². The fourth-order valence-electron chi connectivity index (χ4n) is 1.56. The molecule has 1 heterocycles. The quantitative estimate of drug-likeness (QED) is 0.623. The first-order valence-corrected chi connectivity index (χ1v) is 4.30. The first kappa shape index (κ1) is 9.49. The Morgan fingerprint density at radius 2 is 2.25 bits per heavy atom. The van der Waals surface area contributed by atoms with Crippen LogP contribution < -0.4 is 0 Å². The Labute approximate surface area is 72.1 Å². The lowest BCUT2D eigenvalue weighted by Gasteiger charge is -2.34. The second-order valence-corrected chi connectivity index (χ2v) is 3.42. The van der Waals surface area contributed by atoms with Crippen molar-refractivity contribution >= 4 is 0 Å². The first-order chi connectivity index (χ1) is 5.61. The average Bonchev–Trinajstić information content (AvgIpc) is 2.04. The van der Waals surface area contributed by atoms with E-state index in [4.69, 9.17) is 0 Å². The summed E-state index contributed by atoms with van der Waals surface area (Å²) in [5.41, 5.74) is 0.903. The van der Waals surface area contributed by atoms with Gasteiger partial charge in [0, 0.05) is 24.7 Å². The van der Waals surface area contributed by atoms with Gasteiger partial charge in [0.1, 0.15) is 0 Å². The van der Waals surface area contributed by atoms with Gasteiger partial charge in [0.25, 0.3) is 0 Å². The standard InChI is InChI=1S/C9H15F2N/c1-7(2)12-5-3-4-8(6-12)9(10)11/h8-9H,1,3-6H2,2H3. The van der Waals surface area contributed by atoms with E-state index in [1.54, 1.807) is 0 Å². The van der Waals surface area contributed by atoms with Crippen molar-refractivity contribution in [3.63, 3.8) is 0 Å². The second kappa shape index (κ2) is 3.87. The van der Waals surface area contributed by atoms with Crippen LogP contribution in [0.4, 0.5) is 8.78 Å². The van der Waals surface area contributed by atoms with E-state index in [0.29, 0.717) is 13.0 Å². The minimum absolute atomic E-state index is 0.449. The molecule has 12 heavy (non-hydrogen) atoms. The molecule has 1 aliphatic rings. The molecule has 1 unspecified atom stereocenters. The molecular formula is C9H15F2N. The highest BCUT2D eigenvalue weighted by Gasteiger charge is 2.26. The van der Waals surface area contributed by atoms with Gasteiger partial charge in [-0.05, 0) is 19.8 Å². The highest BCUT2D eigenvalue weighted by Crippen LogP contribution is 2.24. The Balaban J connectivity index is 2.46. The molecule has 0 aromatic carbocycles. The minimum atomic E-state index is -2.17. The zero-order chi connectivity index (χ0) is 9.14. The van der Waals surface area contributed by atoms with Gasteiger partial charge in [-0.15, -0.1) is 0 Å². The molecule has 1 saturated heterocycles. The summed E-state index contributed by atoms with van der Waals surface area (Å²) in [7, 11) is 0. The molecular weight excluding hydrogens is 160 g/mol. The predicted molar refractivity (Wildman–Crippen MR) is 45.1 cm³/mol. The molecule has 0 saturated carbocycles. The summed E-state index contributed by atoms with van der Waals surface area (Å²) in [5, 5.41) is 0. The Bertz CT molecular complexity index is 168. The third-order valence-electron chi connectivity index (χ3n) is 2.35. The van der Waals surface area contributed by atoms with Crippen LogP contribution in [0.25, 0.3) is 0 Å². The number of piperidine rings is 1. The normalized spacial score (nSPS) is 24.7. The van der Waals surface area contributed by atoms with Crippen molar-refractivity contribution in [2.24, 2.45) is 5.92 Å². The van der Waals surface area contributed by atoms with Crippen molar-refractivity contribution in [3.05, 3.63) is 12.3 Å². The molecule has 0 bridgehead atoms. The molecule has 0 aromatic rings. The number of hydrogen-bond donors (Lipinski definition) is 0. The maximum absolute atomic E-state index is 12.3. The first-order valence-electron chi connectivity index (χ1n) is 4.30. The molecule has 1 aliphatic heterocycles. The molecule has 1 fully saturated rings. The van der Waals surface area contributed by atoms with E-state index < -0.39 is 12.3 Å². The smallest absolute Gasteiger partial charge is 0.243 e. The zero-order valence-electron chi connectivity index (χ0n) is 7.39. The van der Waals surface area contributed by atoms with Crippen LogP contribution in [0.15, 0.2) is 12.3 Å². The Morgan fingerprint density at radius 3 is 2.75 bits per heavy atom. The summed E-state index contributed by atoms with van der Waals surface area (Å²) in [4.78, 5) is 1.94. The number of hydrogen-bond acceptors (Lipinski definition) is 1. The molecule has 0 radical (unpaired) electrons. The summed E-state index contributed by atoms with van der Waals surface area (Å²) in [6, 6.07) is 0. The topological polar surface area (TPSA) is 3.24 Å². The predicted octanol–water partition coefficient (Wildman–Crippen LogP) is 2.50. The van der Waals surface area contributed by atoms with Crippen molar-refractivity contribution in [2.75, 3.05) is 13.1 Å². The third kappa shape index (κ3) is 2.19. The summed E-state index contributed by atoms with van der Waals surface area (Å²) in [5.74, 6) is -0.449. The highest BCUT2D eigenvalue weighted by atomic mass is 19.3. The fraction of sp³-hybridized carbons (Fsp3) is 0.778. The van der Waals surface area contributed by atoms with Crippen LogP contribution in [0.2, 0.25) is 0 Å². The molecule has 1 nitrogen and oxygen atoms in total. The summed E-state index contributed by atoms with van der Waals surface area (Å²) < 4.78 is 24.6. The molecule has 1 rings (SSSR count). The van der Waals surface area contributed by atoms with Crippen molar-refractivity contribution in [1.82, 2.24) is 4.90 Å². The molecule has 0 N–H and O–H groups in total. The van der Waals surface area contributed by atoms with E-state index >= 15 is 0 Å². The Hall–Kier alpha value is -0.600. The summed E-state index contributed by atoms with van der Waals surface area (Å²) in [6.07, 6.45) is -0.657. The molecule has 0 spiro atoms. The van der Waals surface area contributed by atoms with Crippen LogP contribution in [0, 0.1) is 5.92 Å². The lowest BCUT2D eigenvalue weighted by atomic mass is 9.98. The summed E-state index contributed by atoms with van der Waals surface area (Å²) in [6.45, 7) is 6.99. The third-order valence-corrected chi connectivity index (χ3v) is 2.35. The zero-order valence-corrected chi connectivity index (χ0v) is 7.39. The van der Waals surface area contributed by atoms with Gasteiger partial charge in [-0.25, -0.2) is 8.78 Å². The maximum Gasteiger partial charge on any atom is 0.243 e. The average molecular weight is 175 g/mol. The van der Waals surface area contributed by atoms with Crippen LogP contribution in [0.3, 0.4) is 0 Å². The van der Waals surface area contributed by atoms with Gasteiger partial charge in [0.05, 0.1) is 0 Å². The highest BCUT2D eigenvalue weighted by molar-refractivity contribution is 4.92. The van der Waals surface area contributed by atoms with Gasteiger partial charge < -0.3 is 4.90 Å². The van der Waals surface area contributed by atoms with Gasteiger partial charge in [-0.2, -0.15) is 0 Å². The van der Waals surface area contributed by atoms with Crippen molar-refractivity contribution in [1.29, 1.82) is 0 Å². The van der Waals surface area contributed by atoms with Gasteiger partial charge >= 0.3 is 0 Å². The molecule has 3 heteroatoms. The Morgan fingerprint density at radius 1 is 1.58 bits per heavy atom. The van der Waals surface area contributed by atoms with Crippen LogP contribution in [0.5, 0.6) is 0 Å². The van der Waals surface area contributed by atoms with Crippen LogP contribution >= 0.6 is 0 Å². The Kier molecular flexibility index (Phi) is 3.06. The van der Waals surface area contributed by atoms with Crippen LogP contribution in [-0.4, -0.2) is 24.4 Å². The second-order valence-electron chi connectivity index (χ2n) is 3.42. The van der Waals surface area contributed by atoms with Crippen molar-refractivity contribution in [2.45, 2.75) is 26.2 Å². The van der Waals surface area contributed by atoms with Crippen LogP contribution in [-0.2, 0) is 0 Å². The fourth-order valence-corrected chi connectivity index (χ4v) is 1.56. The molecule has 1 atom stereocenters. The van der Waals surface area contributed by atoms with Gasteiger partial charge in [-0.1, -0.05) is 6.58 Å². The lowest BCUT2D eigenvalue weighted by Crippen LogP contribution is -2.36.